The molecule has 0 unspecified atom stereocenters. The predicted molar refractivity (Wildman–Crippen MR) is 190 cm³/mol. The van der Waals surface area contributed by atoms with Crippen LogP contribution in [0.3, 0.4) is 0 Å². The van der Waals surface area contributed by atoms with Crippen LogP contribution in [-0.4, -0.2) is 75.0 Å². The number of benzene rings is 3. The fraction of sp³-hybridized carbons (Fsp3) is 0.182. The number of pyridine rings is 1. The number of allylic oxidation sites excluding steroid dienone is 2. The van der Waals surface area contributed by atoms with E-state index in [1.807, 2.05) is 54.6 Å². The van der Waals surface area contributed by atoms with Gasteiger partial charge in [-0.25, -0.2) is 4.98 Å². The quantitative estimate of drug-likeness (QED) is 0.0515. The number of nitrogens with two attached hydrogens (primary N) is 1. The van der Waals surface area contributed by atoms with Crippen molar-refractivity contribution in [3.63, 3.8) is 0 Å². The number of ether oxygens (including phenoxy) is 3. The molecule has 1 heterocycles. The summed E-state index contributed by atoms with van der Waals surface area (Å²) in [6.45, 7) is 0. The molecular formula is C33H41N6NaO12. The number of aromatic nitrogens is 1. The summed E-state index contributed by atoms with van der Waals surface area (Å²) in [5.74, 6) is 0. The second kappa shape index (κ2) is 36.6. The van der Waals surface area contributed by atoms with Crippen LogP contribution in [0.2, 0.25) is 0 Å². The Labute approximate surface area is 322 Å². The van der Waals surface area contributed by atoms with E-state index in [4.69, 9.17) is 5.73 Å². The number of carbonyl (C=O) groups is 2. The Morgan fingerprint density at radius 3 is 1.48 bits per heavy atom. The molecule has 276 valence electrons. The molecule has 4 rings (SSSR count). The minimum Gasteiger partial charge on any atom is -0.873 e. The normalized spacial score (nSPS) is 9.27. The minimum absolute atomic E-state index is 0. The summed E-state index contributed by atoms with van der Waals surface area (Å²) in [4.78, 5) is 51.5. The van der Waals surface area contributed by atoms with Crippen molar-refractivity contribution < 1.29 is 73.2 Å². The van der Waals surface area contributed by atoms with Crippen molar-refractivity contribution in [1.29, 1.82) is 0 Å². The third-order valence-electron chi connectivity index (χ3n) is 4.53. The summed E-state index contributed by atoms with van der Waals surface area (Å²) in [5, 5.41) is 43.0. The molecule has 4 aromatic rings. The zero-order valence-corrected chi connectivity index (χ0v) is 31.8. The summed E-state index contributed by atoms with van der Waals surface area (Å²) in [5.41, 5.74) is 6.21. The van der Waals surface area contributed by atoms with Crippen molar-refractivity contribution in [2.45, 2.75) is 0 Å². The maximum absolute atomic E-state index is 10.4. The molecule has 0 aliphatic rings. The fourth-order valence-electron chi connectivity index (χ4n) is 2.55. The van der Waals surface area contributed by atoms with E-state index in [9.17, 15) is 45.0 Å². The number of aldehydes is 2. The zero-order valence-electron chi connectivity index (χ0n) is 29.8. The maximum Gasteiger partial charge on any atom is 1.00 e. The van der Waals surface area contributed by atoms with E-state index in [1.54, 1.807) is 73.0 Å². The van der Waals surface area contributed by atoms with Crippen LogP contribution in [-0.2, 0) is 23.8 Å². The van der Waals surface area contributed by atoms with Crippen molar-refractivity contribution in [3.05, 3.63) is 151 Å². The van der Waals surface area contributed by atoms with E-state index >= 15 is 0 Å². The van der Waals surface area contributed by atoms with Gasteiger partial charge in [0.1, 0.15) is 6.20 Å². The van der Waals surface area contributed by atoms with Crippen LogP contribution in [0.4, 0.5) is 17.1 Å². The number of nitrogen functional groups attached to an aromatic ring is 1. The third kappa shape index (κ3) is 29.3. The van der Waals surface area contributed by atoms with Gasteiger partial charge >= 0.3 is 35.3 Å². The molecule has 0 atom stereocenters. The number of methoxy groups -OCH3 is 3. The van der Waals surface area contributed by atoms with Gasteiger partial charge in [0.2, 0.25) is 12.6 Å². The Kier molecular flexibility index (Phi) is 37.5. The van der Waals surface area contributed by atoms with Crippen LogP contribution in [0.5, 0.6) is 0 Å². The first-order valence-electron chi connectivity index (χ1n) is 13.9. The van der Waals surface area contributed by atoms with Crippen molar-refractivity contribution in [2.24, 2.45) is 0 Å². The molecule has 0 saturated heterocycles. The van der Waals surface area contributed by atoms with E-state index in [-0.39, 0.29) is 54.1 Å². The molecule has 0 saturated carbocycles. The molecule has 3 N–H and O–H groups in total. The average Bonchev–Trinajstić information content (AvgIpc) is 3.11. The molecule has 1 aromatic heterocycles. The predicted octanol–water partition coefficient (Wildman–Crippen LogP) is 1.28. The van der Waals surface area contributed by atoms with Crippen LogP contribution >= 0.6 is 0 Å². The molecule has 0 aliphatic heterocycles. The molecule has 0 spiro atoms. The Balaban J connectivity index is -0.000000279. The monoisotopic (exact) mass is 736 g/mol. The molecule has 18 nitrogen and oxygen atoms in total. The smallest absolute Gasteiger partial charge is 0.873 e. The fourth-order valence-corrected chi connectivity index (χ4v) is 2.55. The average molecular weight is 737 g/mol. The second-order valence-corrected chi connectivity index (χ2v) is 8.65. The van der Waals surface area contributed by atoms with E-state index in [0.717, 1.165) is 22.8 Å². The maximum atomic E-state index is 10.4. The molecule has 3 aromatic carbocycles. The molecule has 52 heavy (non-hydrogen) atoms. The van der Waals surface area contributed by atoms with E-state index in [0.29, 0.717) is 5.69 Å². The van der Waals surface area contributed by atoms with Gasteiger partial charge in [-0.15, -0.1) is 0 Å². The largest absolute Gasteiger partial charge is 1.00 e. The van der Waals surface area contributed by atoms with Gasteiger partial charge in [-0.05, 0) is 30.3 Å². The van der Waals surface area contributed by atoms with Gasteiger partial charge in [0.25, 0.3) is 11.4 Å². The molecule has 19 heteroatoms. The van der Waals surface area contributed by atoms with Crippen LogP contribution < -0.4 is 45.7 Å². The Hall–Kier alpha value is -5.63. The molecular weight excluding hydrogens is 695 g/mol. The standard InChI is InChI=1S/C9H8N2O3.C9H6N2O2.C6H7N.C3H3NO4.3C2H6O.Na/c12-7-9(11(13)14)6-10-8-4-2-1-3-5-8;12-11(13)8-5-7-3-1-2-4-9(7)10-6-8;7-6-4-2-1-3-5-6;5-1-3(2-6)4(7)8;3*1-3-2;/h1-7,10H;1-6H;1-5H,7H2;1-2,5H;3*1-2H3;/q;;;;;;;+1/p-1/b9-6+;;;3-1+;;;;. The van der Waals surface area contributed by atoms with Gasteiger partial charge in [0, 0.05) is 65.5 Å². The number of fused-ring (bicyclic) bond motifs is 1. The Morgan fingerprint density at radius 2 is 1.13 bits per heavy atom. The number of nitro groups is 3. The SMILES string of the molecule is COC.COC.COC.Nc1ccccc1.O=C/C(=C\Nc1ccccc1)[N+](=O)[O-].O=C/C(=C\[O-])[N+](=O)[O-].O=[N+]([O-])c1cnc2ccccc2c1.[Na+]. The molecule has 0 bridgehead atoms. The number of nitrogens with one attached hydrogen (secondary N) is 1. The second-order valence-electron chi connectivity index (χ2n) is 8.65. The summed E-state index contributed by atoms with van der Waals surface area (Å²) < 4.78 is 12.8. The summed E-state index contributed by atoms with van der Waals surface area (Å²) in [7, 11) is 9.75. The van der Waals surface area contributed by atoms with Gasteiger partial charge in [-0.3, -0.25) is 39.9 Å². The van der Waals surface area contributed by atoms with Gasteiger partial charge in [-0.1, -0.05) is 60.9 Å². The van der Waals surface area contributed by atoms with Crippen LogP contribution in [0.15, 0.2) is 121 Å². The zero-order chi connectivity index (χ0) is 39.5. The molecule has 0 aliphatic carbocycles. The summed E-state index contributed by atoms with van der Waals surface area (Å²) >= 11 is 0. The summed E-state index contributed by atoms with van der Waals surface area (Å²) in [6.07, 6.45) is 2.31. The van der Waals surface area contributed by atoms with Gasteiger partial charge < -0.3 is 30.4 Å². The van der Waals surface area contributed by atoms with Gasteiger partial charge in [-0.2, -0.15) is 0 Å². The molecule has 0 amide bonds. The third-order valence-corrected chi connectivity index (χ3v) is 4.53. The van der Waals surface area contributed by atoms with E-state index in [1.165, 1.54) is 12.3 Å². The minimum atomic E-state index is -1.04. The number of nitrogens with zero attached hydrogens (tertiary/aromatic N) is 4. The molecule has 0 fully saturated rings. The summed E-state index contributed by atoms with van der Waals surface area (Å²) in [6, 6.07) is 27.2. The van der Waals surface area contributed by atoms with Gasteiger partial charge in [0.05, 0.1) is 26.5 Å². The molecule has 0 radical (unpaired) electrons. The Bertz CT molecular complexity index is 1610. The van der Waals surface area contributed by atoms with Crippen LogP contribution in [0.1, 0.15) is 0 Å². The van der Waals surface area contributed by atoms with Crippen molar-refractivity contribution in [3.8, 4) is 0 Å². The van der Waals surface area contributed by atoms with E-state index < -0.39 is 26.2 Å². The number of rotatable bonds is 7. The van der Waals surface area contributed by atoms with Crippen LogP contribution in [0.25, 0.3) is 10.9 Å². The van der Waals surface area contributed by atoms with Crippen LogP contribution in [0, 0.1) is 30.3 Å². The van der Waals surface area contributed by atoms with Crippen molar-refractivity contribution in [1.82, 2.24) is 4.98 Å². The number of carbonyl (C=O) groups excluding carboxylic acids is 2. The van der Waals surface area contributed by atoms with Gasteiger partial charge in [0.15, 0.2) is 0 Å². The topological polar surface area (TPSA) is 265 Å². The first-order valence-corrected chi connectivity index (χ1v) is 13.9. The Morgan fingerprint density at radius 1 is 0.712 bits per heavy atom. The van der Waals surface area contributed by atoms with Crippen molar-refractivity contribution >= 4 is 40.5 Å². The van der Waals surface area contributed by atoms with Crippen molar-refractivity contribution in [2.75, 3.05) is 53.7 Å². The van der Waals surface area contributed by atoms with E-state index in [2.05, 4.69) is 24.5 Å². The number of hydrogen-bond donors (Lipinski definition) is 2. The first kappa shape index (κ1) is 53.2. The number of para-hydroxylation sites is 3. The number of hydrogen-bond acceptors (Lipinski definition) is 15. The number of anilines is 2. The first-order chi connectivity index (χ1) is 24.4.